The number of hydrogen-bond acceptors (Lipinski definition) is 4. The summed E-state index contributed by atoms with van der Waals surface area (Å²) < 4.78 is 15.3. The van der Waals surface area contributed by atoms with E-state index in [-0.39, 0.29) is 16.5 Å². The highest BCUT2D eigenvalue weighted by Gasteiger charge is 2.15. The van der Waals surface area contributed by atoms with E-state index in [4.69, 9.17) is 16.9 Å². The topological polar surface area (TPSA) is 83.6 Å². The van der Waals surface area contributed by atoms with Gasteiger partial charge in [0.1, 0.15) is 6.33 Å². The van der Waals surface area contributed by atoms with Crippen molar-refractivity contribution >= 4 is 23.2 Å². The van der Waals surface area contributed by atoms with Crippen molar-refractivity contribution in [3.05, 3.63) is 76.6 Å². The Kier molecular flexibility index (Phi) is 4.73. The molecule has 8 heteroatoms. The minimum absolute atomic E-state index is 0.0408. The van der Waals surface area contributed by atoms with Gasteiger partial charge < -0.3 is 5.32 Å². The molecule has 3 aromatic rings. The third kappa shape index (κ3) is 3.82. The Balaban J connectivity index is 1.71. The molecule has 1 amide bonds. The van der Waals surface area contributed by atoms with E-state index in [0.29, 0.717) is 12.1 Å². The van der Waals surface area contributed by atoms with Gasteiger partial charge in [0, 0.05) is 0 Å². The quantitative estimate of drug-likeness (QED) is 0.778. The largest absolute Gasteiger partial charge is 0.317 e. The molecule has 0 saturated heterocycles. The lowest BCUT2D eigenvalue weighted by atomic mass is 10.1. The maximum atomic E-state index is 13.8. The molecule has 1 aromatic heterocycles. The van der Waals surface area contributed by atoms with Crippen molar-refractivity contribution in [2.24, 2.45) is 0 Å². The van der Waals surface area contributed by atoms with Crippen LogP contribution in [0.3, 0.4) is 0 Å². The van der Waals surface area contributed by atoms with Gasteiger partial charge in [-0.3, -0.25) is 4.79 Å². The van der Waals surface area contributed by atoms with Crippen molar-refractivity contribution in [1.29, 1.82) is 5.26 Å². The van der Waals surface area contributed by atoms with Crippen LogP contribution in [-0.2, 0) is 6.54 Å². The number of anilines is 1. The zero-order chi connectivity index (χ0) is 17.8. The predicted molar refractivity (Wildman–Crippen MR) is 89.6 cm³/mol. The maximum Gasteiger partial charge on any atom is 0.295 e. The van der Waals surface area contributed by atoms with E-state index in [9.17, 15) is 9.18 Å². The summed E-state index contributed by atoms with van der Waals surface area (Å²) in [4.78, 5) is 16.1. The van der Waals surface area contributed by atoms with Crippen LogP contribution in [0.4, 0.5) is 10.1 Å². The summed E-state index contributed by atoms with van der Waals surface area (Å²) in [7, 11) is 0. The van der Waals surface area contributed by atoms with Gasteiger partial charge in [-0.2, -0.15) is 5.26 Å². The number of nitrogens with one attached hydrogen (secondary N) is 1. The van der Waals surface area contributed by atoms with Gasteiger partial charge in [-0.25, -0.2) is 14.1 Å². The summed E-state index contributed by atoms with van der Waals surface area (Å²) in [6, 6.07) is 13.3. The normalized spacial score (nSPS) is 10.3. The van der Waals surface area contributed by atoms with Crippen molar-refractivity contribution in [3.63, 3.8) is 0 Å². The highest BCUT2D eigenvalue weighted by atomic mass is 35.5. The average Bonchev–Trinajstić information content (AvgIpc) is 3.08. The number of halogens is 2. The Bertz CT molecular complexity index is 962. The van der Waals surface area contributed by atoms with Gasteiger partial charge in [0.25, 0.3) is 5.91 Å². The SMILES string of the molecule is N#Cc1ccc(Cn2cnc(C(=O)Nc3cccc(Cl)c3F)n2)cc1. The molecule has 0 spiro atoms. The van der Waals surface area contributed by atoms with E-state index in [1.54, 1.807) is 24.3 Å². The van der Waals surface area contributed by atoms with E-state index in [1.165, 1.54) is 29.2 Å². The second-order valence-electron chi connectivity index (χ2n) is 5.13. The molecule has 25 heavy (non-hydrogen) atoms. The van der Waals surface area contributed by atoms with E-state index >= 15 is 0 Å². The lowest BCUT2D eigenvalue weighted by molar-refractivity contribution is 0.101. The van der Waals surface area contributed by atoms with Gasteiger partial charge in [0.05, 0.1) is 28.9 Å². The van der Waals surface area contributed by atoms with Crippen LogP contribution in [-0.4, -0.2) is 20.7 Å². The molecule has 0 fully saturated rings. The minimum Gasteiger partial charge on any atom is -0.317 e. The Hall–Kier alpha value is -3.24. The third-order valence-electron chi connectivity index (χ3n) is 3.37. The lowest BCUT2D eigenvalue weighted by Gasteiger charge is -2.05. The first-order chi connectivity index (χ1) is 12.1. The van der Waals surface area contributed by atoms with Crippen molar-refractivity contribution < 1.29 is 9.18 Å². The number of nitrogens with zero attached hydrogens (tertiary/aromatic N) is 4. The molecule has 1 N–H and O–H groups in total. The molecule has 0 saturated carbocycles. The first kappa shape index (κ1) is 16.6. The number of amides is 1. The fourth-order valence-electron chi connectivity index (χ4n) is 2.13. The molecule has 0 atom stereocenters. The van der Waals surface area contributed by atoms with Crippen LogP contribution < -0.4 is 5.32 Å². The summed E-state index contributed by atoms with van der Waals surface area (Å²) in [5, 5.41) is 15.2. The van der Waals surface area contributed by atoms with Gasteiger partial charge in [-0.15, -0.1) is 5.10 Å². The van der Waals surface area contributed by atoms with Gasteiger partial charge in [-0.05, 0) is 29.8 Å². The van der Waals surface area contributed by atoms with Gasteiger partial charge in [-0.1, -0.05) is 29.8 Å². The standard InChI is InChI=1S/C17H11ClFN5O/c18-13-2-1-3-14(15(13)19)22-17(25)16-21-10-24(23-16)9-12-6-4-11(8-20)5-7-12/h1-7,10H,9H2,(H,22,25). The predicted octanol–water partition coefficient (Wildman–Crippen LogP) is 3.24. The number of benzene rings is 2. The van der Waals surface area contributed by atoms with Crippen LogP contribution in [0, 0.1) is 17.1 Å². The fourth-order valence-corrected chi connectivity index (χ4v) is 2.30. The molecular formula is C17H11ClFN5O. The molecule has 124 valence electrons. The molecule has 1 heterocycles. The highest BCUT2D eigenvalue weighted by molar-refractivity contribution is 6.31. The minimum atomic E-state index is -0.713. The molecule has 0 aliphatic heterocycles. The van der Waals surface area contributed by atoms with Crippen molar-refractivity contribution in [1.82, 2.24) is 14.8 Å². The zero-order valence-corrected chi connectivity index (χ0v) is 13.5. The van der Waals surface area contributed by atoms with Crippen molar-refractivity contribution in [2.45, 2.75) is 6.54 Å². The van der Waals surface area contributed by atoms with Crippen LogP contribution in [0.15, 0.2) is 48.8 Å². The van der Waals surface area contributed by atoms with Crippen LogP contribution in [0.2, 0.25) is 5.02 Å². The first-order valence-electron chi connectivity index (χ1n) is 7.20. The van der Waals surface area contributed by atoms with Crippen molar-refractivity contribution in [3.8, 4) is 6.07 Å². The summed E-state index contributed by atoms with van der Waals surface area (Å²) >= 11 is 5.68. The number of rotatable bonds is 4. The molecule has 0 radical (unpaired) electrons. The second-order valence-corrected chi connectivity index (χ2v) is 5.54. The molecule has 0 bridgehead atoms. The lowest BCUT2D eigenvalue weighted by Crippen LogP contribution is -2.15. The molecule has 0 aliphatic carbocycles. The van der Waals surface area contributed by atoms with Crippen LogP contribution in [0.25, 0.3) is 0 Å². The number of nitriles is 1. The first-order valence-corrected chi connectivity index (χ1v) is 7.58. The molecule has 6 nitrogen and oxygen atoms in total. The molecule has 3 rings (SSSR count). The fraction of sp³-hybridized carbons (Fsp3) is 0.0588. The van der Waals surface area contributed by atoms with E-state index < -0.39 is 11.7 Å². The monoisotopic (exact) mass is 355 g/mol. The Morgan fingerprint density at radius 1 is 1.28 bits per heavy atom. The van der Waals surface area contributed by atoms with Crippen LogP contribution in [0.5, 0.6) is 0 Å². The smallest absolute Gasteiger partial charge is 0.295 e. The number of carbonyl (C=O) groups excluding carboxylic acids is 1. The van der Waals surface area contributed by atoms with Gasteiger partial charge in [0.2, 0.25) is 5.82 Å². The van der Waals surface area contributed by atoms with Crippen LogP contribution >= 0.6 is 11.6 Å². The van der Waals surface area contributed by atoms with Gasteiger partial charge >= 0.3 is 0 Å². The highest BCUT2D eigenvalue weighted by Crippen LogP contribution is 2.22. The number of hydrogen-bond donors (Lipinski definition) is 1. The number of carbonyl (C=O) groups is 1. The summed E-state index contributed by atoms with van der Waals surface area (Å²) in [6.07, 6.45) is 1.40. The summed E-state index contributed by atoms with van der Waals surface area (Å²) in [6.45, 7) is 0.386. The third-order valence-corrected chi connectivity index (χ3v) is 3.66. The maximum absolute atomic E-state index is 13.8. The van der Waals surface area contributed by atoms with Crippen molar-refractivity contribution in [2.75, 3.05) is 5.32 Å². The average molecular weight is 356 g/mol. The molecule has 2 aromatic carbocycles. The summed E-state index contributed by atoms with van der Waals surface area (Å²) in [5.41, 5.74) is 1.42. The Labute approximate surface area is 147 Å². The zero-order valence-electron chi connectivity index (χ0n) is 12.8. The Morgan fingerprint density at radius 2 is 2.04 bits per heavy atom. The van der Waals surface area contributed by atoms with Gasteiger partial charge in [0.15, 0.2) is 5.82 Å². The van der Waals surface area contributed by atoms with E-state index in [0.717, 1.165) is 5.56 Å². The van der Waals surface area contributed by atoms with Crippen LogP contribution in [0.1, 0.15) is 21.7 Å². The number of aromatic nitrogens is 3. The second kappa shape index (κ2) is 7.11. The molecule has 0 unspecified atom stereocenters. The molecular weight excluding hydrogens is 345 g/mol. The Morgan fingerprint density at radius 3 is 2.76 bits per heavy atom. The van der Waals surface area contributed by atoms with E-state index in [1.807, 2.05) is 6.07 Å². The van der Waals surface area contributed by atoms with E-state index in [2.05, 4.69) is 15.4 Å². The summed E-state index contributed by atoms with van der Waals surface area (Å²) in [5.74, 6) is -1.44. The molecule has 0 aliphatic rings.